The predicted molar refractivity (Wildman–Crippen MR) is 75.0 cm³/mol. The molecular weight excluding hydrogens is 224 g/mol. The Bertz CT molecular complexity index is 362. The van der Waals surface area contributed by atoms with Gasteiger partial charge in [-0.1, -0.05) is 44.2 Å². The number of nitrogens with two attached hydrogens (primary N) is 1. The van der Waals surface area contributed by atoms with Crippen molar-refractivity contribution in [1.29, 1.82) is 0 Å². The van der Waals surface area contributed by atoms with Crippen LogP contribution >= 0.6 is 0 Å². The van der Waals surface area contributed by atoms with E-state index in [1.807, 2.05) is 37.3 Å². The summed E-state index contributed by atoms with van der Waals surface area (Å²) in [5.41, 5.74) is 6.78. The molecule has 1 rings (SSSR count). The van der Waals surface area contributed by atoms with E-state index in [1.54, 1.807) is 0 Å². The highest BCUT2D eigenvalue weighted by atomic mass is 16.2. The maximum Gasteiger partial charge on any atom is 0.241 e. The highest BCUT2D eigenvalue weighted by Gasteiger charge is 2.17. The first-order chi connectivity index (χ1) is 8.50. The average Bonchev–Trinajstić information content (AvgIpc) is 2.36. The third-order valence-electron chi connectivity index (χ3n) is 3.01. The van der Waals surface area contributed by atoms with Gasteiger partial charge in [0.15, 0.2) is 0 Å². The zero-order valence-electron chi connectivity index (χ0n) is 11.5. The zero-order chi connectivity index (χ0) is 13.5. The minimum Gasteiger partial charge on any atom is -0.352 e. The van der Waals surface area contributed by atoms with Crippen LogP contribution in [0.3, 0.4) is 0 Å². The molecule has 0 fully saturated rings. The molecular formula is C15H24N2O. The quantitative estimate of drug-likeness (QED) is 0.813. The van der Waals surface area contributed by atoms with Gasteiger partial charge in [-0.25, -0.2) is 0 Å². The number of hydrogen-bond acceptors (Lipinski definition) is 2. The second-order valence-electron chi connectivity index (χ2n) is 5.27. The van der Waals surface area contributed by atoms with Crippen molar-refractivity contribution in [3.63, 3.8) is 0 Å². The Morgan fingerprint density at radius 2 is 1.78 bits per heavy atom. The standard InChI is InChI=1S/C15H24N2O/c1-11(2)9-10-12(3)17-15(18)14(16)13-7-5-4-6-8-13/h4-8,11-12,14H,9-10,16H2,1-3H3,(H,17,18). The van der Waals surface area contributed by atoms with Gasteiger partial charge in [0, 0.05) is 6.04 Å². The van der Waals surface area contributed by atoms with Crippen molar-refractivity contribution in [3.05, 3.63) is 35.9 Å². The lowest BCUT2D eigenvalue weighted by atomic mass is 10.0. The molecule has 0 aromatic heterocycles. The highest BCUT2D eigenvalue weighted by Crippen LogP contribution is 2.11. The van der Waals surface area contributed by atoms with Crippen molar-refractivity contribution < 1.29 is 4.79 Å². The predicted octanol–water partition coefficient (Wildman–Crippen LogP) is 2.63. The zero-order valence-corrected chi connectivity index (χ0v) is 11.5. The molecule has 0 radical (unpaired) electrons. The lowest BCUT2D eigenvalue weighted by Gasteiger charge is -2.18. The number of amides is 1. The van der Waals surface area contributed by atoms with Crippen LogP contribution < -0.4 is 11.1 Å². The topological polar surface area (TPSA) is 55.1 Å². The van der Waals surface area contributed by atoms with Gasteiger partial charge >= 0.3 is 0 Å². The molecule has 0 saturated carbocycles. The summed E-state index contributed by atoms with van der Waals surface area (Å²) in [5, 5.41) is 2.97. The van der Waals surface area contributed by atoms with Crippen molar-refractivity contribution in [2.24, 2.45) is 11.7 Å². The minimum atomic E-state index is -0.576. The van der Waals surface area contributed by atoms with E-state index in [-0.39, 0.29) is 11.9 Å². The van der Waals surface area contributed by atoms with Crippen molar-refractivity contribution in [1.82, 2.24) is 5.32 Å². The first kappa shape index (κ1) is 14.7. The van der Waals surface area contributed by atoms with E-state index >= 15 is 0 Å². The smallest absolute Gasteiger partial charge is 0.241 e. The van der Waals surface area contributed by atoms with E-state index in [9.17, 15) is 4.79 Å². The molecule has 0 aliphatic rings. The molecule has 0 aliphatic heterocycles. The first-order valence-electron chi connectivity index (χ1n) is 6.61. The molecule has 18 heavy (non-hydrogen) atoms. The van der Waals surface area contributed by atoms with Crippen LogP contribution in [0, 0.1) is 5.92 Å². The molecule has 0 bridgehead atoms. The number of carbonyl (C=O) groups excluding carboxylic acids is 1. The number of rotatable bonds is 6. The average molecular weight is 248 g/mol. The summed E-state index contributed by atoms with van der Waals surface area (Å²) in [5.74, 6) is 0.560. The fourth-order valence-corrected chi connectivity index (χ4v) is 1.80. The van der Waals surface area contributed by atoms with Gasteiger partial charge in [-0.05, 0) is 31.2 Å². The Labute approximate surface area is 110 Å². The lowest BCUT2D eigenvalue weighted by Crippen LogP contribution is -2.39. The molecule has 0 saturated heterocycles. The van der Waals surface area contributed by atoms with Crippen LogP contribution in [0.4, 0.5) is 0 Å². The lowest BCUT2D eigenvalue weighted by molar-refractivity contribution is -0.123. The second kappa shape index (κ2) is 7.17. The van der Waals surface area contributed by atoms with Gasteiger partial charge in [0.2, 0.25) is 5.91 Å². The summed E-state index contributed by atoms with van der Waals surface area (Å²) < 4.78 is 0. The SMILES string of the molecule is CC(C)CCC(C)NC(=O)C(N)c1ccccc1. The normalized spacial score (nSPS) is 14.3. The summed E-state index contributed by atoms with van der Waals surface area (Å²) in [4.78, 5) is 12.0. The van der Waals surface area contributed by atoms with Gasteiger partial charge in [-0.3, -0.25) is 4.79 Å². The molecule has 100 valence electrons. The fraction of sp³-hybridized carbons (Fsp3) is 0.533. The van der Waals surface area contributed by atoms with Gasteiger partial charge in [-0.15, -0.1) is 0 Å². The number of nitrogens with one attached hydrogen (secondary N) is 1. The molecule has 1 aromatic carbocycles. The van der Waals surface area contributed by atoms with Gasteiger partial charge < -0.3 is 11.1 Å². The van der Waals surface area contributed by atoms with Crippen LogP contribution in [0.1, 0.15) is 45.2 Å². The molecule has 3 nitrogen and oxygen atoms in total. The monoisotopic (exact) mass is 248 g/mol. The highest BCUT2D eigenvalue weighted by molar-refractivity contribution is 5.83. The summed E-state index contributed by atoms with van der Waals surface area (Å²) in [7, 11) is 0. The van der Waals surface area contributed by atoms with Gasteiger partial charge in [-0.2, -0.15) is 0 Å². The van der Waals surface area contributed by atoms with E-state index in [0.717, 1.165) is 18.4 Å². The summed E-state index contributed by atoms with van der Waals surface area (Å²) in [6, 6.07) is 9.06. The first-order valence-corrected chi connectivity index (χ1v) is 6.61. The van der Waals surface area contributed by atoms with Crippen LogP contribution in [0.25, 0.3) is 0 Å². The van der Waals surface area contributed by atoms with Crippen LogP contribution in [0.5, 0.6) is 0 Å². The number of hydrogen-bond donors (Lipinski definition) is 2. The molecule has 0 aliphatic carbocycles. The molecule has 2 atom stereocenters. The summed E-state index contributed by atoms with van der Waals surface area (Å²) >= 11 is 0. The maximum atomic E-state index is 12.0. The summed E-state index contributed by atoms with van der Waals surface area (Å²) in [6.07, 6.45) is 2.10. The second-order valence-corrected chi connectivity index (χ2v) is 5.27. The van der Waals surface area contributed by atoms with Crippen molar-refractivity contribution in [3.8, 4) is 0 Å². The van der Waals surface area contributed by atoms with E-state index < -0.39 is 6.04 Å². The Hall–Kier alpha value is -1.35. The maximum absolute atomic E-state index is 12.0. The third-order valence-corrected chi connectivity index (χ3v) is 3.01. The van der Waals surface area contributed by atoms with Crippen molar-refractivity contribution >= 4 is 5.91 Å². The minimum absolute atomic E-state index is 0.0996. The molecule has 1 aromatic rings. The Kier molecular flexibility index (Phi) is 5.86. The number of carbonyl (C=O) groups is 1. The van der Waals surface area contributed by atoms with Crippen LogP contribution in [0.15, 0.2) is 30.3 Å². The molecule has 3 N–H and O–H groups in total. The Balaban J connectivity index is 2.45. The number of benzene rings is 1. The molecule has 0 spiro atoms. The Morgan fingerprint density at radius 1 is 1.17 bits per heavy atom. The molecule has 0 heterocycles. The van der Waals surface area contributed by atoms with Crippen LogP contribution in [-0.4, -0.2) is 11.9 Å². The Morgan fingerprint density at radius 3 is 2.33 bits per heavy atom. The summed E-state index contributed by atoms with van der Waals surface area (Å²) in [6.45, 7) is 6.40. The molecule has 2 unspecified atom stereocenters. The van der Waals surface area contributed by atoms with Crippen LogP contribution in [-0.2, 0) is 4.79 Å². The van der Waals surface area contributed by atoms with E-state index in [1.165, 1.54) is 0 Å². The largest absolute Gasteiger partial charge is 0.352 e. The van der Waals surface area contributed by atoms with E-state index in [0.29, 0.717) is 5.92 Å². The van der Waals surface area contributed by atoms with E-state index in [4.69, 9.17) is 5.73 Å². The van der Waals surface area contributed by atoms with Crippen LogP contribution in [0.2, 0.25) is 0 Å². The fourth-order valence-electron chi connectivity index (χ4n) is 1.80. The van der Waals surface area contributed by atoms with Gasteiger partial charge in [0.05, 0.1) is 0 Å². The molecule has 1 amide bonds. The van der Waals surface area contributed by atoms with Crippen molar-refractivity contribution in [2.45, 2.75) is 45.7 Å². The third kappa shape index (κ3) is 4.88. The molecule has 3 heteroatoms. The van der Waals surface area contributed by atoms with Crippen molar-refractivity contribution in [2.75, 3.05) is 0 Å². The van der Waals surface area contributed by atoms with Gasteiger partial charge in [0.1, 0.15) is 6.04 Å². The van der Waals surface area contributed by atoms with E-state index in [2.05, 4.69) is 19.2 Å². The van der Waals surface area contributed by atoms with Gasteiger partial charge in [0.25, 0.3) is 0 Å².